The van der Waals surface area contributed by atoms with Gasteiger partial charge in [-0.15, -0.1) is 0 Å². The summed E-state index contributed by atoms with van der Waals surface area (Å²) < 4.78 is 5.16. The highest BCUT2D eigenvalue weighted by Crippen LogP contribution is 2.22. The number of nitrogens with one attached hydrogen (secondary N) is 1. The Kier molecular flexibility index (Phi) is 6.13. The van der Waals surface area contributed by atoms with E-state index in [1.165, 1.54) is 13.2 Å². The average Bonchev–Trinajstić information content (AvgIpc) is 3.22. The first-order chi connectivity index (χ1) is 13.4. The van der Waals surface area contributed by atoms with E-state index in [1.807, 2.05) is 24.3 Å². The molecule has 0 spiro atoms. The van der Waals surface area contributed by atoms with Crippen molar-refractivity contribution in [2.45, 2.75) is 26.3 Å². The molecule has 0 atom stereocenters. The molecule has 0 radical (unpaired) electrons. The maximum absolute atomic E-state index is 12.6. The van der Waals surface area contributed by atoms with E-state index < -0.39 is 0 Å². The Morgan fingerprint density at radius 1 is 1.18 bits per heavy atom. The number of benzene rings is 1. The predicted molar refractivity (Wildman–Crippen MR) is 105 cm³/mol. The van der Waals surface area contributed by atoms with E-state index in [1.54, 1.807) is 29.0 Å². The third-order valence-electron chi connectivity index (χ3n) is 5.04. The van der Waals surface area contributed by atoms with Crippen molar-refractivity contribution in [3.05, 3.63) is 54.0 Å². The molecule has 0 aliphatic carbocycles. The molecule has 0 saturated carbocycles. The van der Waals surface area contributed by atoms with Gasteiger partial charge in [0.15, 0.2) is 5.76 Å². The van der Waals surface area contributed by atoms with Crippen molar-refractivity contribution in [1.82, 2.24) is 9.80 Å². The molecule has 1 aliphatic heterocycles. The summed E-state index contributed by atoms with van der Waals surface area (Å²) in [5.41, 5.74) is 1.67. The number of amides is 3. The fourth-order valence-electron chi connectivity index (χ4n) is 3.28. The van der Waals surface area contributed by atoms with E-state index in [9.17, 15) is 14.4 Å². The first-order valence-corrected chi connectivity index (χ1v) is 9.38. The lowest BCUT2D eigenvalue weighted by molar-refractivity contribution is -0.128. The normalized spacial score (nSPS) is 14.6. The summed E-state index contributed by atoms with van der Waals surface area (Å²) >= 11 is 0. The van der Waals surface area contributed by atoms with Gasteiger partial charge in [-0.1, -0.05) is 12.1 Å². The van der Waals surface area contributed by atoms with Crippen LogP contribution in [0.1, 0.15) is 35.9 Å². The highest BCUT2D eigenvalue weighted by atomic mass is 16.3. The van der Waals surface area contributed by atoms with Gasteiger partial charge in [0.05, 0.1) is 6.26 Å². The molecule has 2 heterocycles. The number of rotatable bonds is 5. The number of likely N-dealkylation sites (tertiary alicyclic amines) is 1. The van der Waals surface area contributed by atoms with Crippen LogP contribution in [0, 0.1) is 5.92 Å². The van der Waals surface area contributed by atoms with Crippen LogP contribution in [-0.4, -0.2) is 47.7 Å². The molecule has 1 N–H and O–H groups in total. The number of carbonyl (C=O) groups is 3. The Hall–Kier alpha value is -3.09. The minimum atomic E-state index is -0.135. The molecule has 1 fully saturated rings. The third kappa shape index (κ3) is 4.79. The smallest absolute Gasteiger partial charge is 0.289 e. The van der Waals surface area contributed by atoms with Crippen molar-refractivity contribution in [2.24, 2.45) is 5.92 Å². The molecule has 2 aromatic rings. The lowest BCUT2D eigenvalue weighted by Gasteiger charge is -2.30. The highest BCUT2D eigenvalue weighted by Gasteiger charge is 2.28. The van der Waals surface area contributed by atoms with Gasteiger partial charge in [-0.3, -0.25) is 14.4 Å². The van der Waals surface area contributed by atoms with Crippen LogP contribution < -0.4 is 5.32 Å². The van der Waals surface area contributed by atoms with Gasteiger partial charge in [-0.05, 0) is 42.7 Å². The lowest BCUT2D eigenvalue weighted by atomic mass is 9.95. The molecular weight excluding hydrogens is 358 g/mol. The number of piperidine rings is 1. The quantitative estimate of drug-likeness (QED) is 0.861. The Bertz CT molecular complexity index is 839. The van der Waals surface area contributed by atoms with E-state index in [-0.39, 0.29) is 23.6 Å². The molecule has 0 unspecified atom stereocenters. The van der Waals surface area contributed by atoms with Crippen molar-refractivity contribution < 1.29 is 18.8 Å². The van der Waals surface area contributed by atoms with Crippen molar-refractivity contribution >= 4 is 23.4 Å². The van der Waals surface area contributed by atoms with Gasteiger partial charge < -0.3 is 19.5 Å². The average molecular weight is 383 g/mol. The highest BCUT2D eigenvalue weighted by molar-refractivity contribution is 5.94. The molecule has 148 valence electrons. The zero-order valence-corrected chi connectivity index (χ0v) is 16.2. The van der Waals surface area contributed by atoms with Crippen LogP contribution in [0.5, 0.6) is 0 Å². The third-order valence-corrected chi connectivity index (χ3v) is 5.04. The van der Waals surface area contributed by atoms with Gasteiger partial charge in [0, 0.05) is 45.2 Å². The molecule has 1 saturated heterocycles. The Morgan fingerprint density at radius 3 is 2.57 bits per heavy atom. The second-order valence-corrected chi connectivity index (χ2v) is 7.11. The van der Waals surface area contributed by atoms with Crippen LogP contribution in [-0.2, 0) is 16.1 Å². The van der Waals surface area contributed by atoms with Crippen molar-refractivity contribution in [1.29, 1.82) is 0 Å². The van der Waals surface area contributed by atoms with E-state index in [2.05, 4.69) is 5.32 Å². The lowest BCUT2D eigenvalue weighted by Crippen LogP contribution is -2.41. The first-order valence-electron chi connectivity index (χ1n) is 9.38. The summed E-state index contributed by atoms with van der Waals surface area (Å²) in [5.74, 6) is 0.0121. The summed E-state index contributed by atoms with van der Waals surface area (Å²) in [4.78, 5) is 39.7. The Morgan fingerprint density at radius 2 is 1.93 bits per heavy atom. The summed E-state index contributed by atoms with van der Waals surface area (Å²) in [7, 11) is 1.74. The molecule has 0 bridgehead atoms. The van der Waals surface area contributed by atoms with Gasteiger partial charge in [-0.2, -0.15) is 0 Å². The number of carbonyl (C=O) groups excluding carboxylic acids is 3. The van der Waals surface area contributed by atoms with Gasteiger partial charge in [0.25, 0.3) is 5.91 Å². The maximum Gasteiger partial charge on any atom is 0.289 e. The zero-order valence-electron chi connectivity index (χ0n) is 16.2. The second-order valence-electron chi connectivity index (χ2n) is 7.11. The standard InChI is InChI=1S/C21H25N3O4/c1-15(25)23(2)14-16-5-3-6-18(13-16)22-20(26)17-8-10-24(11-9-17)21(27)19-7-4-12-28-19/h3-7,12-13,17H,8-11,14H2,1-2H3,(H,22,26). The molecule has 3 amide bonds. The number of furan rings is 1. The van der Waals surface area contributed by atoms with Crippen molar-refractivity contribution in [2.75, 3.05) is 25.5 Å². The number of hydrogen-bond donors (Lipinski definition) is 1. The molecule has 28 heavy (non-hydrogen) atoms. The molecule has 1 aromatic heterocycles. The number of hydrogen-bond acceptors (Lipinski definition) is 4. The summed E-state index contributed by atoms with van der Waals surface area (Å²) in [6, 6.07) is 10.8. The number of nitrogens with zero attached hydrogens (tertiary/aromatic N) is 2. The van der Waals surface area contributed by atoms with E-state index >= 15 is 0 Å². The maximum atomic E-state index is 12.6. The molecule has 3 rings (SSSR count). The minimum Gasteiger partial charge on any atom is -0.459 e. The Labute approximate surface area is 164 Å². The van der Waals surface area contributed by atoms with Gasteiger partial charge in [0.2, 0.25) is 11.8 Å². The van der Waals surface area contributed by atoms with Gasteiger partial charge >= 0.3 is 0 Å². The first kappa shape index (κ1) is 19.7. The predicted octanol–water partition coefficient (Wildman–Crippen LogP) is 2.75. The molecule has 1 aromatic carbocycles. The van der Waals surface area contributed by atoms with Gasteiger partial charge in [-0.25, -0.2) is 0 Å². The topological polar surface area (TPSA) is 82.9 Å². The van der Waals surface area contributed by atoms with Crippen LogP contribution in [0.25, 0.3) is 0 Å². The SMILES string of the molecule is CC(=O)N(C)Cc1cccc(NC(=O)C2CCN(C(=O)c3ccco3)CC2)c1. The molecule has 7 heteroatoms. The van der Waals surface area contributed by atoms with Gasteiger partial charge in [0.1, 0.15) is 0 Å². The molecule has 7 nitrogen and oxygen atoms in total. The monoisotopic (exact) mass is 383 g/mol. The fourth-order valence-corrected chi connectivity index (χ4v) is 3.28. The largest absolute Gasteiger partial charge is 0.459 e. The van der Waals surface area contributed by atoms with Crippen LogP contribution in [0.2, 0.25) is 0 Å². The zero-order chi connectivity index (χ0) is 20.1. The van der Waals surface area contributed by atoms with E-state index in [0.29, 0.717) is 43.9 Å². The summed E-state index contributed by atoms with van der Waals surface area (Å²) in [6.07, 6.45) is 2.71. The van der Waals surface area contributed by atoms with Crippen LogP contribution in [0.4, 0.5) is 5.69 Å². The molecule has 1 aliphatic rings. The minimum absolute atomic E-state index is 0.00899. The molecular formula is C21H25N3O4. The van der Waals surface area contributed by atoms with Crippen LogP contribution in [0.3, 0.4) is 0 Å². The van der Waals surface area contributed by atoms with Crippen molar-refractivity contribution in [3.8, 4) is 0 Å². The Balaban J connectivity index is 1.53. The van der Waals surface area contributed by atoms with E-state index in [0.717, 1.165) is 5.56 Å². The summed E-state index contributed by atoms with van der Waals surface area (Å²) in [5, 5.41) is 2.96. The summed E-state index contributed by atoms with van der Waals surface area (Å²) in [6.45, 7) is 3.07. The van der Waals surface area contributed by atoms with E-state index in [4.69, 9.17) is 4.42 Å². The van der Waals surface area contributed by atoms with Crippen molar-refractivity contribution in [3.63, 3.8) is 0 Å². The van der Waals surface area contributed by atoms with Crippen LogP contribution in [0.15, 0.2) is 47.1 Å². The number of anilines is 1. The van der Waals surface area contributed by atoms with Crippen LogP contribution >= 0.6 is 0 Å². The second kappa shape index (κ2) is 8.73. The fraction of sp³-hybridized carbons (Fsp3) is 0.381.